The van der Waals surface area contributed by atoms with Crippen LogP contribution in [0.25, 0.3) is 0 Å². The van der Waals surface area contributed by atoms with Crippen LogP contribution in [0, 0.1) is 5.82 Å². The summed E-state index contributed by atoms with van der Waals surface area (Å²) in [5.41, 5.74) is 0.349. The predicted octanol–water partition coefficient (Wildman–Crippen LogP) is 1.87. The molecule has 1 amide bonds. The number of hydrogen-bond acceptors (Lipinski definition) is 3. The maximum absolute atomic E-state index is 13.7. The summed E-state index contributed by atoms with van der Waals surface area (Å²) in [6.07, 6.45) is 0. The van der Waals surface area contributed by atoms with Crippen molar-refractivity contribution in [2.24, 2.45) is 0 Å². The topological polar surface area (TPSA) is 57.6 Å². The van der Waals surface area contributed by atoms with Crippen LogP contribution in [0.4, 0.5) is 4.39 Å². The van der Waals surface area contributed by atoms with Gasteiger partial charge in [0.2, 0.25) is 5.91 Å². The molecule has 6 heteroatoms. The number of carboxylic acid groups (broad SMARTS) is 1. The van der Waals surface area contributed by atoms with Gasteiger partial charge in [-0.1, -0.05) is 18.2 Å². The van der Waals surface area contributed by atoms with Gasteiger partial charge in [-0.05, 0) is 13.0 Å². The first-order chi connectivity index (χ1) is 8.52. The first-order valence-electron chi connectivity index (χ1n) is 5.42. The maximum Gasteiger partial charge on any atom is 0.326 e. The fourth-order valence-corrected chi connectivity index (χ4v) is 3.17. The van der Waals surface area contributed by atoms with E-state index in [2.05, 4.69) is 0 Å². The van der Waals surface area contributed by atoms with Crippen molar-refractivity contribution in [1.82, 2.24) is 4.90 Å². The Morgan fingerprint density at radius 1 is 1.56 bits per heavy atom. The molecule has 18 heavy (non-hydrogen) atoms. The Morgan fingerprint density at radius 3 is 2.83 bits per heavy atom. The smallest absolute Gasteiger partial charge is 0.326 e. The van der Waals surface area contributed by atoms with Gasteiger partial charge in [0, 0.05) is 5.56 Å². The molecule has 0 spiro atoms. The summed E-state index contributed by atoms with van der Waals surface area (Å²) < 4.78 is 13.7. The highest BCUT2D eigenvalue weighted by atomic mass is 32.2. The van der Waals surface area contributed by atoms with Gasteiger partial charge in [-0.25, -0.2) is 9.18 Å². The summed E-state index contributed by atoms with van der Waals surface area (Å²) in [5.74, 6) is -1.61. The molecule has 1 saturated heterocycles. The van der Waals surface area contributed by atoms with Crippen molar-refractivity contribution < 1.29 is 19.1 Å². The lowest BCUT2D eigenvalue weighted by atomic mass is 10.1. The van der Waals surface area contributed by atoms with E-state index in [9.17, 15) is 14.0 Å². The van der Waals surface area contributed by atoms with Crippen LogP contribution < -0.4 is 0 Å². The third kappa shape index (κ3) is 2.20. The molecule has 1 N–H and O–H groups in total. The van der Waals surface area contributed by atoms with Crippen LogP contribution in [-0.2, 0) is 9.59 Å². The molecule has 2 unspecified atom stereocenters. The SMILES string of the molecule is CC(C(=O)O)N1C(=O)CSC1c1ccccc1F. The van der Waals surface area contributed by atoms with E-state index in [1.807, 2.05) is 0 Å². The van der Waals surface area contributed by atoms with E-state index in [1.165, 1.54) is 29.7 Å². The monoisotopic (exact) mass is 269 g/mol. The normalized spacial score (nSPS) is 21.1. The molecular weight excluding hydrogens is 257 g/mol. The van der Waals surface area contributed by atoms with Gasteiger partial charge in [0.25, 0.3) is 0 Å². The number of amides is 1. The number of nitrogens with zero attached hydrogens (tertiary/aromatic N) is 1. The highest BCUT2D eigenvalue weighted by Crippen LogP contribution is 2.40. The van der Waals surface area contributed by atoms with E-state index in [0.717, 1.165) is 0 Å². The lowest BCUT2D eigenvalue weighted by molar-refractivity contribution is -0.148. The zero-order valence-corrected chi connectivity index (χ0v) is 10.5. The molecular formula is C12H12FNO3S. The minimum absolute atomic E-state index is 0.177. The van der Waals surface area contributed by atoms with Gasteiger partial charge >= 0.3 is 5.97 Å². The van der Waals surface area contributed by atoms with Crippen LogP contribution in [0.15, 0.2) is 24.3 Å². The summed E-state index contributed by atoms with van der Waals surface area (Å²) in [6.45, 7) is 1.43. The van der Waals surface area contributed by atoms with Gasteiger partial charge < -0.3 is 10.0 Å². The number of carbonyl (C=O) groups excluding carboxylic acids is 1. The number of carboxylic acids is 1. The van der Waals surface area contributed by atoms with Gasteiger partial charge in [-0.3, -0.25) is 4.79 Å². The fourth-order valence-electron chi connectivity index (χ4n) is 1.89. The number of hydrogen-bond donors (Lipinski definition) is 1. The highest BCUT2D eigenvalue weighted by Gasteiger charge is 2.39. The number of carbonyl (C=O) groups is 2. The summed E-state index contributed by atoms with van der Waals surface area (Å²) in [4.78, 5) is 24.0. The van der Waals surface area contributed by atoms with Crippen LogP contribution in [-0.4, -0.2) is 33.7 Å². The van der Waals surface area contributed by atoms with Crippen LogP contribution in [0.5, 0.6) is 0 Å². The molecule has 0 radical (unpaired) electrons. The minimum atomic E-state index is -1.09. The van der Waals surface area contributed by atoms with Gasteiger partial charge in [0.1, 0.15) is 17.2 Å². The standard InChI is InChI=1S/C12H12FNO3S/c1-7(12(16)17)14-10(15)6-18-11(14)8-4-2-3-5-9(8)13/h2-5,7,11H,6H2,1H3,(H,16,17). The largest absolute Gasteiger partial charge is 0.480 e. The van der Waals surface area contributed by atoms with Crippen LogP contribution in [0.2, 0.25) is 0 Å². The lowest BCUT2D eigenvalue weighted by Gasteiger charge is -2.27. The quantitative estimate of drug-likeness (QED) is 0.910. The molecule has 0 aromatic heterocycles. The average molecular weight is 269 g/mol. The number of benzene rings is 1. The molecule has 0 bridgehead atoms. The van der Waals surface area contributed by atoms with Gasteiger partial charge in [0.05, 0.1) is 5.75 Å². The molecule has 1 aromatic rings. The van der Waals surface area contributed by atoms with E-state index >= 15 is 0 Å². The molecule has 2 rings (SSSR count). The van der Waals surface area contributed by atoms with Gasteiger partial charge in [-0.15, -0.1) is 11.8 Å². The molecule has 1 fully saturated rings. The molecule has 2 atom stereocenters. The third-order valence-corrected chi connectivity index (χ3v) is 4.06. The molecule has 96 valence electrons. The third-order valence-electron chi connectivity index (χ3n) is 2.85. The van der Waals surface area contributed by atoms with Crippen molar-refractivity contribution >= 4 is 23.6 Å². The zero-order chi connectivity index (χ0) is 13.3. The number of rotatable bonds is 3. The molecule has 1 heterocycles. The summed E-state index contributed by atoms with van der Waals surface area (Å²) >= 11 is 1.24. The van der Waals surface area contributed by atoms with E-state index in [1.54, 1.807) is 18.2 Å². The summed E-state index contributed by atoms with van der Waals surface area (Å²) in [5, 5.41) is 8.43. The van der Waals surface area contributed by atoms with E-state index in [-0.39, 0.29) is 11.7 Å². The molecule has 1 aliphatic heterocycles. The van der Waals surface area contributed by atoms with Crippen molar-refractivity contribution in [3.05, 3.63) is 35.6 Å². The van der Waals surface area contributed by atoms with Crippen molar-refractivity contribution in [1.29, 1.82) is 0 Å². The van der Waals surface area contributed by atoms with Crippen LogP contribution >= 0.6 is 11.8 Å². The van der Waals surface area contributed by atoms with Crippen LogP contribution in [0.3, 0.4) is 0 Å². The lowest BCUT2D eigenvalue weighted by Crippen LogP contribution is -2.41. The summed E-state index contributed by atoms with van der Waals surface area (Å²) in [6, 6.07) is 5.16. The second-order valence-corrected chi connectivity index (χ2v) is 5.07. The average Bonchev–Trinajstić information content (AvgIpc) is 2.70. The van der Waals surface area contributed by atoms with Gasteiger partial charge in [0.15, 0.2) is 0 Å². The van der Waals surface area contributed by atoms with Crippen molar-refractivity contribution in [3.63, 3.8) is 0 Å². The molecule has 1 aliphatic rings. The second-order valence-electron chi connectivity index (χ2n) is 4.00. The first kappa shape index (κ1) is 12.9. The van der Waals surface area contributed by atoms with E-state index in [0.29, 0.717) is 5.56 Å². The highest BCUT2D eigenvalue weighted by molar-refractivity contribution is 8.00. The van der Waals surface area contributed by atoms with E-state index in [4.69, 9.17) is 5.11 Å². The number of aliphatic carboxylic acids is 1. The zero-order valence-electron chi connectivity index (χ0n) is 9.67. The Bertz CT molecular complexity index is 494. The Morgan fingerprint density at radius 2 is 2.22 bits per heavy atom. The Balaban J connectivity index is 2.35. The Hall–Kier alpha value is -1.56. The molecule has 0 saturated carbocycles. The molecule has 1 aromatic carbocycles. The maximum atomic E-state index is 13.7. The summed E-state index contributed by atoms with van der Waals surface area (Å²) in [7, 11) is 0. The fraction of sp³-hybridized carbons (Fsp3) is 0.333. The van der Waals surface area contributed by atoms with Crippen molar-refractivity contribution in [2.75, 3.05) is 5.75 Å². The predicted molar refractivity (Wildman–Crippen MR) is 65.5 cm³/mol. The first-order valence-corrected chi connectivity index (χ1v) is 6.47. The second kappa shape index (κ2) is 4.97. The Labute approximate surface area is 108 Å². The van der Waals surface area contributed by atoms with Crippen LogP contribution in [0.1, 0.15) is 17.9 Å². The number of halogens is 1. The molecule has 4 nitrogen and oxygen atoms in total. The van der Waals surface area contributed by atoms with Crippen molar-refractivity contribution in [2.45, 2.75) is 18.3 Å². The number of thioether (sulfide) groups is 1. The molecule has 0 aliphatic carbocycles. The van der Waals surface area contributed by atoms with Crippen molar-refractivity contribution in [3.8, 4) is 0 Å². The Kier molecular flexibility index (Phi) is 3.56. The van der Waals surface area contributed by atoms with Gasteiger partial charge in [-0.2, -0.15) is 0 Å². The minimum Gasteiger partial charge on any atom is -0.480 e. The van der Waals surface area contributed by atoms with E-state index < -0.39 is 23.2 Å².